The van der Waals surface area contributed by atoms with Gasteiger partial charge in [0.2, 0.25) is 0 Å². The Morgan fingerprint density at radius 1 is 1.50 bits per heavy atom. The van der Waals surface area contributed by atoms with Crippen molar-refractivity contribution in [1.29, 1.82) is 0 Å². The first kappa shape index (κ1) is 9.84. The maximum Gasteiger partial charge on any atom is 0.127 e. The largest absolute Gasteiger partial charge is 0.493 e. The van der Waals surface area contributed by atoms with E-state index in [4.69, 9.17) is 4.74 Å². The Kier molecular flexibility index (Phi) is 3.85. The van der Waals surface area contributed by atoms with Gasteiger partial charge in [-0.2, -0.15) is 0 Å². The first-order valence-electron chi connectivity index (χ1n) is 3.98. The van der Waals surface area contributed by atoms with E-state index < -0.39 is 0 Å². The predicted octanol–water partition coefficient (Wildman–Crippen LogP) is 3.13. The minimum absolute atomic E-state index is 0.567. The molecule has 0 aliphatic rings. The third-order valence-corrected chi connectivity index (χ3v) is 1.99. The third-order valence-electron chi connectivity index (χ3n) is 1.32. The molecule has 0 saturated carbocycles. The summed E-state index contributed by atoms with van der Waals surface area (Å²) in [4.78, 5) is 0. The first-order chi connectivity index (χ1) is 5.68. The summed E-state index contributed by atoms with van der Waals surface area (Å²) in [7, 11) is 0. The van der Waals surface area contributed by atoms with E-state index in [2.05, 4.69) is 42.5 Å². The summed E-state index contributed by atoms with van der Waals surface area (Å²) in [6, 6.07) is 8.96. The molecule has 0 bridgehead atoms. The molecule has 0 amide bonds. The van der Waals surface area contributed by atoms with E-state index in [-0.39, 0.29) is 0 Å². The van der Waals surface area contributed by atoms with Gasteiger partial charge >= 0.3 is 0 Å². The average molecular weight is 275 g/mol. The Morgan fingerprint density at radius 2 is 2.25 bits per heavy atom. The van der Waals surface area contributed by atoms with Crippen molar-refractivity contribution in [1.82, 2.24) is 0 Å². The zero-order chi connectivity index (χ0) is 8.97. The van der Waals surface area contributed by atoms with Crippen LogP contribution in [0.3, 0.4) is 0 Å². The van der Waals surface area contributed by atoms with Crippen LogP contribution in [0.4, 0.5) is 0 Å². The molecule has 0 fully saturated rings. The van der Waals surface area contributed by atoms with Crippen LogP contribution in [-0.4, -0.2) is 6.61 Å². The molecule has 1 aromatic rings. The lowest BCUT2D eigenvalue weighted by molar-refractivity contribution is 0.270. The fourth-order valence-electron chi connectivity index (χ4n) is 0.738. The lowest BCUT2D eigenvalue weighted by Crippen LogP contribution is -2.04. The van der Waals surface area contributed by atoms with Crippen LogP contribution in [0.15, 0.2) is 18.2 Å². The van der Waals surface area contributed by atoms with Crippen molar-refractivity contribution in [3.8, 4) is 5.75 Å². The fraction of sp³-hybridized carbons (Fsp3) is 0.400. The fourth-order valence-corrected chi connectivity index (χ4v) is 1.07. The molecule has 0 N–H and O–H groups in total. The highest BCUT2D eigenvalue weighted by atomic mass is 127. The van der Waals surface area contributed by atoms with Crippen LogP contribution in [0, 0.1) is 15.6 Å². The summed E-state index contributed by atoms with van der Waals surface area (Å²) in [6.45, 7) is 5.02. The molecule has 0 aromatic heterocycles. The molecule has 1 radical (unpaired) electrons. The minimum atomic E-state index is 0.567. The molecular weight excluding hydrogens is 263 g/mol. The van der Waals surface area contributed by atoms with Crippen molar-refractivity contribution in [2.24, 2.45) is 5.92 Å². The van der Waals surface area contributed by atoms with E-state index in [1.54, 1.807) is 0 Å². The first-order valence-corrected chi connectivity index (χ1v) is 5.06. The van der Waals surface area contributed by atoms with Gasteiger partial charge in [0.25, 0.3) is 0 Å². The zero-order valence-electron chi connectivity index (χ0n) is 7.30. The van der Waals surface area contributed by atoms with E-state index in [9.17, 15) is 0 Å². The lowest BCUT2D eigenvalue weighted by Gasteiger charge is -2.07. The van der Waals surface area contributed by atoms with Crippen molar-refractivity contribution in [3.05, 3.63) is 27.8 Å². The van der Waals surface area contributed by atoms with Crippen molar-refractivity contribution < 1.29 is 4.74 Å². The lowest BCUT2D eigenvalue weighted by atomic mass is 10.2. The number of benzene rings is 1. The van der Waals surface area contributed by atoms with Crippen LogP contribution in [0.5, 0.6) is 5.75 Å². The molecule has 1 rings (SSSR count). The van der Waals surface area contributed by atoms with Gasteiger partial charge in [0.1, 0.15) is 5.75 Å². The SMILES string of the molecule is CC(C)COc1[c]cc(I)cc1. The second-order valence-corrected chi connectivity index (χ2v) is 4.32. The summed E-state index contributed by atoms with van der Waals surface area (Å²) in [5.74, 6) is 1.40. The number of hydrogen-bond acceptors (Lipinski definition) is 1. The highest BCUT2D eigenvalue weighted by molar-refractivity contribution is 14.1. The Labute approximate surface area is 87.3 Å². The van der Waals surface area contributed by atoms with Crippen LogP contribution >= 0.6 is 22.6 Å². The quantitative estimate of drug-likeness (QED) is 0.770. The molecule has 0 heterocycles. The summed E-state index contributed by atoms with van der Waals surface area (Å²) in [5.41, 5.74) is 0. The van der Waals surface area contributed by atoms with E-state index in [1.165, 1.54) is 3.57 Å². The van der Waals surface area contributed by atoms with E-state index in [1.807, 2.05) is 18.2 Å². The third kappa shape index (κ3) is 3.43. The van der Waals surface area contributed by atoms with E-state index in [0.29, 0.717) is 5.92 Å². The highest BCUT2D eigenvalue weighted by Crippen LogP contribution is 2.13. The molecule has 1 aromatic carbocycles. The molecule has 65 valence electrons. The molecule has 2 heteroatoms. The molecule has 0 aliphatic heterocycles. The molecule has 0 saturated heterocycles. The monoisotopic (exact) mass is 275 g/mol. The zero-order valence-corrected chi connectivity index (χ0v) is 9.46. The summed E-state index contributed by atoms with van der Waals surface area (Å²) >= 11 is 2.25. The molecule has 1 nitrogen and oxygen atoms in total. The van der Waals surface area contributed by atoms with Gasteiger partial charge in [-0.25, -0.2) is 0 Å². The maximum absolute atomic E-state index is 5.46. The minimum Gasteiger partial charge on any atom is -0.493 e. The number of halogens is 1. The highest BCUT2D eigenvalue weighted by Gasteiger charge is 1.96. The second kappa shape index (κ2) is 4.70. The van der Waals surface area contributed by atoms with Gasteiger partial charge in [-0.3, -0.25) is 0 Å². The van der Waals surface area contributed by atoms with Crippen LogP contribution < -0.4 is 4.74 Å². The van der Waals surface area contributed by atoms with Gasteiger partial charge in [0, 0.05) is 9.64 Å². The number of rotatable bonds is 3. The summed E-state index contributed by atoms with van der Waals surface area (Å²) in [6.07, 6.45) is 0. The standard InChI is InChI=1S/C10H12IO/c1-8(2)7-12-10-5-3-9(11)4-6-10/h3-5,8H,7H2,1-2H3. The van der Waals surface area contributed by atoms with Crippen molar-refractivity contribution >= 4 is 22.6 Å². The van der Waals surface area contributed by atoms with Gasteiger partial charge in [-0.15, -0.1) is 0 Å². The van der Waals surface area contributed by atoms with E-state index >= 15 is 0 Å². The predicted molar refractivity (Wildman–Crippen MR) is 58.3 cm³/mol. The van der Waals surface area contributed by atoms with E-state index in [0.717, 1.165) is 12.4 Å². The van der Waals surface area contributed by atoms with Gasteiger partial charge in [-0.05, 0) is 46.7 Å². The van der Waals surface area contributed by atoms with Crippen molar-refractivity contribution in [2.75, 3.05) is 6.61 Å². The normalized spacial score (nSPS) is 10.3. The summed E-state index contributed by atoms with van der Waals surface area (Å²) < 4.78 is 6.65. The molecule has 12 heavy (non-hydrogen) atoms. The van der Waals surface area contributed by atoms with Crippen molar-refractivity contribution in [3.63, 3.8) is 0 Å². The molecule has 0 aliphatic carbocycles. The maximum atomic E-state index is 5.46. The Morgan fingerprint density at radius 3 is 2.75 bits per heavy atom. The molecule has 0 unspecified atom stereocenters. The van der Waals surface area contributed by atoms with Gasteiger partial charge < -0.3 is 4.74 Å². The van der Waals surface area contributed by atoms with Gasteiger partial charge in [0.05, 0.1) is 6.61 Å². The number of ether oxygens (including phenoxy) is 1. The number of hydrogen-bond donors (Lipinski definition) is 0. The van der Waals surface area contributed by atoms with Crippen LogP contribution in [0.25, 0.3) is 0 Å². The van der Waals surface area contributed by atoms with Crippen molar-refractivity contribution in [2.45, 2.75) is 13.8 Å². The smallest absolute Gasteiger partial charge is 0.127 e. The molecule has 0 spiro atoms. The van der Waals surface area contributed by atoms with Gasteiger partial charge in [0.15, 0.2) is 0 Å². The summed E-state index contributed by atoms with van der Waals surface area (Å²) in [5, 5.41) is 0. The Bertz CT molecular complexity index is 228. The topological polar surface area (TPSA) is 9.23 Å². The second-order valence-electron chi connectivity index (χ2n) is 3.08. The Balaban J connectivity index is 2.48. The van der Waals surface area contributed by atoms with Gasteiger partial charge in [-0.1, -0.05) is 13.8 Å². The van der Waals surface area contributed by atoms with Crippen LogP contribution in [0.2, 0.25) is 0 Å². The van der Waals surface area contributed by atoms with Crippen LogP contribution in [-0.2, 0) is 0 Å². The Hall–Kier alpha value is -0.250. The van der Waals surface area contributed by atoms with Crippen LogP contribution in [0.1, 0.15) is 13.8 Å². The molecule has 0 atom stereocenters. The average Bonchev–Trinajstić information content (AvgIpc) is 2.03. The molecular formula is C10H12IO.